The molecule has 56 valence electrons. The summed E-state index contributed by atoms with van der Waals surface area (Å²) >= 11 is 0. The molecule has 0 radical (unpaired) electrons. The Bertz CT molecular complexity index is 261. The average Bonchev–Trinajstić information content (AvgIpc) is 2.03. The Kier molecular flexibility index (Phi) is 2.21. The zero-order valence-electron chi connectivity index (χ0n) is 6.18. The second-order valence-electron chi connectivity index (χ2n) is 2.23. The minimum absolute atomic E-state index is 0.252. The summed E-state index contributed by atoms with van der Waals surface area (Å²) in [5.74, 6) is -0.252. The second-order valence-corrected chi connectivity index (χ2v) is 2.23. The second kappa shape index (κ2) is 3.15. The van der Waals surface area contributed by atoms with Crippen molar-refractivity contribution in [1.29, 1.82) is 0 Å². The number of rotatable bonds is 2. The lowest BCUT2D eigenvalue weighted by Crippen LogP contribution is -1.79. The lowest BCUT2D eigenvalue weighted by atomic mass is 10.1. The first-order valence-corrected chi connectivity index (χ1v) is 3.31. The minimum Gasteiger partial charge on any atom is -0.207 e. The molecule has 0 spiro atoms. The molecule has 1 heteroatoms. The van der Waals surface area contributed by atoms with Crippen molar-refractivity contribution in [2.45, 2.75) is 0 Å². The number of hydrogen-bond donors (Lipinski definition) is 0. The van der Waals surface area contributed by atoms with E-state index in [2.05, 4.69) is 13.2 Å². The van der Waals surface area contributed by atoms with E-state index in [0.29, 0.717) is 0 Å². The minimum atomic E-state index is -0.252. The number of benzene rings is 1. The van der Waals surface area contributed by atoms with E-state index in [4.69, 9.17) is 0 Å². The molecule has 0 nitrogen and oxygen atoms in total. The molecule has 0 heterocycles. The maximum absolute atomic E-state index is 12.7. The third kappa shape index (κ3) is 1.77. The lowest BCUT2D eigenvalue weighted by molar-refractivity contribution is 0.627. The van der Waals surface area contributed by atoms with Gasteiger partial charge in [0.2, 0.25) is 0 Å². The summed E-state index contributed by atoms with van der Waals surface area (Å²) in [4.78, 5) is 0. The van der Waals surface area contributed by atoms with Gasteiger partial charge in [0.25, 0.3) is 0 Å². The monoisotopic (exact) mass is 148 g/mol. The summed E-state index contributed by atoms with van der Waals surface area (Å²) < 4.78 is 12.7. The van der Waals surface area contributed by atoms with E-state index in [1.807, 2.05) is 6.07 Å². The Hall–Kier alpha value is -1.37. The first-order valence-electron chi connectivity index (χ1n) is 3.31. The Labute approximate surface area is 65.7 Å². The van der Waals surface area contributed by atoms with Gasteiger partial charge in [0.15, 0.2) is 0 Å². The van der Waals surface area contributed by atoms with Gasteiger partial charge in [0, 0.05) is 0 Å². The molecular formula is C10H9F. The van der Waals surface area contributed by atoms with Gasteiger partial charge in [0.05, 0.1) is 0 Å². The van der Waals surface area contributed by atoms with E-state index in [9.17, 15) is 4.39 Å². The lowest BCUT2D eigenvalue weighted by Gasteiger charge is -1.96. The van der Waals surface area contributed by atoms with Crippen LogP contribution >= 0.6 is 0 Å². The van der Waals surface area contributed by atoms with Gasteiger partial charge < -0.3 is 0 Å². The Morgan fingerprint density at radius 1 is 1.00 bits per heavy atom. The van der Waals surface area contributed by atoms with Gasteiger partial charge in [-0.25, -0.2) is 4.39 Å². The molecule has 0 saturated carbocycles. The summed E-state index contributed by atoms with van der Waals surface area (Å²) in [5, 5.41) is 0. The topological polar surface area (TPSA) is 0 Å². The Morgan fingerprint density at radius 3 is 1.82 bits per heavy atom. The highest BCUT2D eigenvalue weighted by Gasteiger charge is 1.93. The maximum Gasteiger partial charge on any atom is 0.124 e. The van der Waals surface area contributed by atoms with Crippen LogP contribution in [0.1, 0.15) is 11.1 Å². The highest BCUT2D eigenvalue weighted by atomic mass is 19.1. The molecule has 1 aromatic rings. The van der Waals surface area contributed by atoms with Crippen molar-refractivity contribution >= 4 is 12.2 Å². The van der Waals surface area contributed by atoms with Gasteiger partial charge in [-0.1, -0.05) is 25.3 Å². The fourth-order valence-corrected chi connectivity index (χ4v) is 0.872. The van der Waals surface area contributed by atoms with Crippen molar-refractivity contribution in [3.8, 4) is 0 Å². The number of hydrogen-bond acceptors (Lipinski definition) is 0. The molecule has 0 N–H and O–H groups in total. The predicted molar refractivity (Wildman–Crippen MR) is 46.6 cm³/mol. The standard InChI is InChI=1S/C10H9F/c1-3-8-5-9(4-2)7-10(11)6-8/h3-7H,1-2H2. The summed E-state index contributed by atoms with van der Waals surface area (Å²) in [6.45, 7) is 7.09. The summed E-state index contributed by atoms with van der Waals surface area (Å²) in [5.41, 5.74) is 1.56. The molecule has 0 unspecified atom stereocenters. The molecule has 0 fully saturated rings. The molecule has 0 atom stereocenters. The van der Waals surface area contributed by atoms with E-state index >= 15 is 0 Å². The molecule has 11 heavy (non-hydrogen) atoms. The van der Waals surface area contributed by atoms with E-state index in [0.717, 1.165) is 11.1 Å². The van der Waals surface area contributed by atoms with E-state index in [1.54, 1.807) is 12.2 Å². The van der Waals surface area contributed by atoms with Crippen LogP contribution in [0, 0.1) is 5.82 Å². The van der Waals surface area contributed by atoms with E-state index in [-0.39, 0.29) is 5.82 Å². The molecule has 0 saturated heterocycles. The third-order valence-electron chi connectivity index (χ3n) is 1.41. The van der Waals surface area contributed by atoms with Gasteiger partial charge in [-0.2, -0.15) is 0 Å². The van der Waals surface area contributed by atoms with Crippen LogP contribution in [0.2, 0.25) is 0 Å². The fourth-order valence-electron chi connectivity index (χ4n) is 0.872. The molecule has 0 bridgehead atoms. The SMILES string of the molecule is C=Cc1cc(F)cc(C=C)c1. The molecule has 0 aliphatic rings. The van der Waals surface area contributed by atoms with Gasteiger partial charge in [-0.15, -0.1) is 0 Å². The van der Waals surface area contributed by atoms with Crippen LogP contribution < -0.4 is 0 Å². The third-order valence-corrected chi connectivity index (χ3v) is 1.41. The quantitative estimate of drug-likeness (QED) is 0.604. The molecule has 0 aliphatic heterocycles. The molecular weight excluding hydrogens is 139 g/mol. The normalized spacial score (nSPS) is 9.18. The Morgan fingerprint density at radius 2 is 1.45 bits per heavy atom. The predicted octanol–water partition coefficient (Wildman–Crippen LogP) is 3.11. The Balaban J connectivity index is 3.21. The first kappa shape index (κ1) is 7.73. The van der Waals surface area contributed by atoms with Gasteiger partial charge >= 0.3 is 0 Å². The molecule has 0 aromatic heterocycles. The van der Waals surface area contributed by atoms with Crippen LogP contribution in [0.25, 0.3) is 12.2 Å². The van der Waals surface area contributed by atoms with Crippen molar-refractivity contribution < 1.29 is 4.39 Å². The number of halogens is 1. The summed E-state index contributed by atoms with van der Waals surface area (Å²) in [6.07, 6.45) is 3.21. The van der Waals surface area contributed by atoms with Crippen LogP contribution in [-0.2, 0) is 0 Å². The molecule has 0 aliphatic carbocycles. The smallest absolute Gasteiger partial charge is 0.124 e. The van der Waals surface area contributed by atoms with Crippen molar-refractivity contribution in [2.24, 2.45) is 0 Å². The van der Waals surface area contributed by atoms with E-state index < -0.39 is 0 Å². The van der Waals surface area contributed by atoms with Crippen LogP contribution in [0.4, 0.5) is 4.39 Å². The van der Waals surface area contributed by atoms with Crippen molar-refractivity contribution in [2.75, 3.05) is 0 Å². The van der Waals surface area contributed by atoms with Gasteiger partial charge in [0.1, 0.15) is 5.82 Å². The van der Waals surface area contributed by atoms with Gasteiger partial charge in [-0.3, -0.25) is 0 Å². The van der Waals surface area contributed by atoms with Crippen molar-refractivity contribution in [3.63, 3.8) is 0 Å². The van der Waals surface area contributed by atoms with Crippen LogP contribution in [0.3, 0.4) is 0 Å². The highest BCUT2D eigenvalue weighted by molar-refractivity contribution is 5.55. The van der Waals surface area contributed by atoms with Gasteiger partial charge in [-0.05, 0) is 29.3 Å². The van der Waals surface area contributed by atoms with Crippen LogP contribution in [0.5, 0.6) is 0 Å². The fraction of sp³-hybridized carbons (Fsp3) is 0. The van der Waals surface area contributed by atoms with Crippen molar-refractivity contribution in [1.82, 2.24) is 0 Å². The van der Waals surface area contributed by atoms with E-state index in [1.165, 1.54) is 12.1 Å². The zero-order chi connectivity index (χ0) is 8.27. The first-order chi connectivity index (χ1) is 5.26. The summed E-state index contributed by atoms with van der Waals surface area (Å²) in [6, 6.07) is 4.68. The van der Waals surface area contributed by atoms with Crippen LogP contribution in [-0.4, -0.2) is 0 Å². The molecule has 1 aromatic carbocycles. The average molecular weight is 148 g/mol. The largest absolute Gasteiger partial charge is 0.207 e. The molecule has 0 amide bonds. The van der Waals surface area contributed by atoms with Crippen molar-refractivity contribution in [3.05, 3.63) is 48.3 Å². The van der Waals surface area contributed by atoms with Crippen LogP contribution in [0.15, 0.2) is 31.4 Å². The zero-order valence-corrected chi connectivity index (χ0v) is 6.18. The molecule has 1 rings (SSSR count). The maximum atomic E-state index is 12.7. The summed E-state index contributed by atoms with van der Waals surface area (Å²) in [7, 11) is 0. The highest BCUT2D eigenvalue weighted by Crippen LogP contribution is 2.10.